The summed E-state index contributed by atoms with van der Waals surface area (Å²) in [4.78, 5) is 12.5. The highest BCUT2D eigenvalue weighted by atomic mass is 15.2. The molecule has 1 aromatic carbocycles. The van der Waals surface area contributed by atoms with E-state index in [4.69, 9.17) is 0 Å². The number of aromatic nitrogens is 5. The second-order valence-electron chi connectivity index (χ2n) is 6.60. The molecule has 0 fully saturated rings. The molecule has 0 bridgehead atoms. The zero-order valence-electron chi connectivity index (χ0n) is 14.7. The molecule has 0 aliphatic carbocycles. The fourth-order valence-electron chi connectivity index (χ4n) is 2.97. The average Bonchev–Trinajstić information content (AvgIpc) is 3.10. The molecule has 0 saturated carbocycles. The van der Waals surface area contributed by atoms with Crippen LogP contribution in [0.3, 0.4) is 0 Å². The van der Waals surface area contributed by atoms with Gasteiger partial charge in [-0.3, -0.25) is 5.10 Å². The van der Waals surface area contributed by atoms with Crippen molar-refractivity contribution >= 4 is 39.4 Å². The van der Waals surface area contributed by atoms with Gasteiger partial charge in [0.2, 0.25) is 5.95 Å². The second-order valence-corrected chi connectivity index (χ2v) is 6.60. The molecule has 0 amide bonds. The Balaban J connectivity index is 1.74. The van der Waals surface area contributed by atoms with Crippen LogP contribution in [0.25, 0.3) is 21.9 Å². The van der Waals surface area contributed by atoms with Gasteiger partial charge in [-0.2, -0.15) is 15.1 Å². The second kappa shape index (κ2) is 5.77. The number of hydrogen-bond acceptors (Lipinski definition) is 5. The normalized spacial score (nSPS) is 11.6. The van der Waals surface area contributed by atoms with E-state index in [0.29, 0.717) is 5.95 Å². The zero-order chi connectivity index (χ0) is 17.6. The molecule has 4 aromatic rings. The molecule has 0 unspecified atom stereocenters. The summed E-state index contributed by atoms with van der Waals surface area (Å²) in [6.45, 7) is 8.25. The van der Waals surface area contributed by atoms with E-state index >= 15 is 0 Å². The Bertz CT molecular complexity index is 1060. The highest BCUT2D eigenvalue weighted by Crippen LogP contribution is 2.27. The van der Waals surface area contributed by atoms with Crippen molar-refractivity contribution in [2.45, 2.75) is 33.7 Å². The van der Waals surface area contributed by atoms with Gasteiger partial charge >= 0.3 is 0 Å². The lowest BCUT2D eigenvalue weighted by atomic mass is 10.2. The van der Waals surface area contributed by atoms with Crippen molar-refractivity contribution in [1.82, 2.24) is 25.1 Å². The molecule has 4 N–H and O–H groups in total. The van der Waals surface area contributed by atoms with Gasteiger partial charge in [-0.15, -0.1) is 0 Å². The van der Waals surface area contributed by atoms with Crippen molar-refractivity contribution < 1.29 is 0 Å². The third-order valence-electron chi connectivity index (χ3n) is 4.16. The Morgan fingerprint density at radius 3 is 2.76 bits per heavy atom. The van der Waals surface area contributed by atoms with Crippen LogP contribution in [0, 0.1) is 13.8 Å². The highest BCUT2D eigenvalue weighted by Gasteiger charge is 2.13. The molecule has 128 valence electrons. The molecular formula is C18H21N7. The molecule has 3 heterocycles. The molecule has 0 aliphatic heterocycles. The number of benzene rings is 1. The van der Waals surface area contributed by atoms with Gasteiger partial charge < -0.3 is 15.6 Å². The Morgan fingerprint density at radius 2 is 1.96 bits per heavy atom. The monoisotopic (exact) mass is 335 g/mol. The predicted octanol–water partition coefficient (Wildman–Crippen LogP) is 4.01. The van der Waals surface area contributed by atoms with E-state index in [1.165, 1.54) is 0 Å². The molecule has 0 radical (unpaired) electrons. The maximum Gasteiger partial charge on any atom is 0.231 e. The molecule has 0 spiro atoms. The van der Waals surface area contributed by atoms with E-state index in [-0.39, 0.29) is 6.04 Å². The summed E-state index contributed by atoms with van der Waals surface area (Å²) in [5.41, 5.74) is 4.81. The van der Waals surface area contributed by atoms with Crippen molar-refractivity contribution in [1.29, 1.82) is 0 Å². The molecule has 3 aromatic heterocycles. The van der Waals surface area contributed by atoms with E-state index in [0.717, 1.165) is 44.7 Å². The van der Waals surface area contributed by atoms with Gasteiger partial charge in [0, 0.05) is 29.0 Å². The maximum atomic E-state index is 4.67. The zero-order valence-corrected chi connectivity index (χ0v) is 14.7. The average molecular weight is 335 g/mol. The van der Waals surface area contributed by atoms with Crippen molar-refractivity contribution in [3.63, 3.8) is 0 Å². The van der Waals surface area contributed by atoms with Gasteiger partial charge in [0.25, 0.3) is 0 Å². The maximum absolute atomic E-state index is 4.67. The molecule has 25 heavy (non-hydrogen) atoms. The van der Waals surface area contributed by atoms with Gasteiger partial charge in [0.15, 0.2) is 0 Å². The third-order valence-corrected chi connectivity index (χ3v) is 4.16. The molecule has 0 aliphatic rings. The van der Waals surface area contributed by atoms with Crippen LogP contribution in [0.1, 0.15) is 25.1 Å². The van der Waals surface area contributed by atoms with E-state index in [9.17, 15) is 0 Å². The minimum atomic E-state index is 0.281. The fraction of sp³-hybridized carbons (Fsp3) is 0.278. The molecule has 4 rings (SSSR count). The lowest BCUT2D eigenvalue weighted by Gasteiger charge is -2.13. The van der Waals surface area contributed by atoms with Crippen molar-refractivity contribution in [3.05, 3.63) is 35.7 Å². The smallest absolute Gasteiger partial charge is 0.231 e. The number of hydrogen-bond donors (Lipinski definition) is 4. The Hall–Kier alpha value is -3.09. The fourth-order valence-corrected chi connectivity index (χ4v) is 2.97. The number of nitrogens with one attached hydrogen (secondary N) is 4. The Morgan fingerprint density at radius 1 is 1.12 bits per heavy atom. The summed E-state index contributed by atoms with van der Waals surface area (Å²) >= 11 is 0. The Labute approximate surface area is 145 Å². The van der Waals surface area contributed by atoms with Gasteiger partial charge in [-0.1, -0.05) is 0 Å². The number of fused-ring (bicyclic) bond motifs is 2. The number of rotatable bonds is 4. The first-order chi connectivity index (χ1) is 12.0. The summed E-state index contributed by atoms with van der Waals surface area (Å²) in [5, 5.41) is 16.1. The van der Waals surface area contributed by atoms with Gasteiger partial charge in [-0.25, -0.2) is 0 Å². The summed E-state index contributed by atoms with van der Waals surface area (Å²) in [6.07, 6.45) is 1.95. The third kappa shape index (κ3) is 2.77. The quantitative estimate of drug-likeness (QED) is 0.452. The minimum Gasteiger partial charge on any atom is -0.367 e. The predicted molar refractivity (Wildman–Crippen MR) is 101 cm³/mol. The van der Waals surface area contributed by atoms with E-state index in [1.54, 1.807) is 0 Å². The molecule has 7 heteroatoms. The van der Waals surface area contributed by atoms with Crippen molar-refractivity contribution in [2.75, 3.05) is 10.6 Å². The minimum absolute atomic E-state index is 0.281. The largest absolute Gasteiger partial charge is 0.367 e. The molecule has 0 saturated heterocycles. The van der Waals surface area contributed by atoms with Crippen LogP contribution in [-0.2, 0) is 0 Å². The number of aromatic amines is 2. The van der Waals surface area contributed by atoms with Crippen molar-refractivity contribution in [3.8, 4) is 0 Å². The summed E-state index contributed by atoms with van der Waals surface area (Å²) in [7, 11) is 0. The number of nitrogens with zero attached hydrogens (tertiary/aromatic N) is 3. The highest BCUT2D eigenvalue weighted by molar-refractivity contribution is 5.92. The van der Waals surface area contributed by atoms with Crippen LogP contribution in [-0.4, -0.2) is 31.2 Å². The van der Waals surface area contributed by atoms with Crippen LogP contribution in [0.2, 0.25) is 0 Å². The number of H-pyrrole nitrogens is 2. The molecular weight excluding hydrogens is 314 g/mol. The SMILES string of the molecule is Cc1[nH]nc2cc(Nc3nc(NC(C)C)c4c(C)c[nH]c4n3)ccc12. The Kier molecular flexibility index (Phi) is 3.56. The number of anilines is 3. The standard InChI is InChI=1S/C18H21N7/c1-9(2)20-17-15-10(3)8-19-16(15)22-18(23-17)21-12-5-6-13-11(4)24-25-14(13)7-12/h5-9H,1-4H3,(H,24,25)(H3,19,20,21,22,23). The lowest BCUT2D eigenvalue weighted by molar-refractivity contribution is 0.891. The first-order valence-electron chi connectivity index (χ1n) is 8.35. The van der Waals surface area contributed by atoms with Crippen LogP contribution in [0.15, 0.2) is 24.4 Å². The summed E-state index contributed by atoms with van der Waals surface area (Å²) < 4.78 is 0. The topological polar surface area (TPSA) is 94.3 Å². The summed E-state index contributed by atoms with van der Waals surface area (Å²) in [6, 6.07) is 6.32. The molecule has 7 nitrogen and oxygen atoms in total. The van der Waals surface area contributed by atoms with Gasteiger partial charge in [-0.05, 0) is 51.5 Å². The molecule has 0 atom stereocenters. The number of aryl methyl sites for hydroxylation is 2. The van der Waals surface area contributed by atoms with Crippen LogP contribution < -0.4 is 10.6 Å². The van der Waals surface area contributed by atoms with Crippen LogP contribution >= 0.6 is 0 Å². The van der Waals surface area contributed by atoms with E-state index in [2.05, 4.69) is 56.6 Å². The summed E-state index contributed by atoms with van der Waals surface area (Å²) in [5.74, 6) is 1.38. The van der Waals surface area contributed by atoms with Gasteiger partial charge in [0.1, 0.15) is 11.5 Å². The van der Waals surface area contributed by atoms with Gasteiger partial charge in [0.05, 0.1) is 10.9 Å². The van der Waals surface area contributed by atoms with E-state index < -0.39 is 0 Å². The lowest BCUT2D eigenvalue weighted by Crippen LogP contribution is -2.12. The van der Waals surface area contributed by atoms with Crippen molar-refractivity contribution in [2.24, 2.45) is 0 Å². The van der Waals surface area contributed by atoms with Crippen LogP contribution in [0.4, 0.5) is 17.5 Å². The first-order valence-corrected chi connectivity index (χ1v) is 8.35. The van der Waals surface area contributed by atoms with E-state index in [1.807, 2.05) is 31.3 Å². The first kappa shape index (κ1) is 15.4. The van der Waals surface area contributed by atoms with Crippen LogP contribution in [0.5, 0.6) is 0 Å².